The zero-order chi connectivity index (χ0) is 21.5. The summed E-state index contributed by atoms with van der Waals surface area (Å²) >= 11 is 0. The molecule has 0 saturated heterocycles. The molecule has 1 aromatic carbocycles. The number of para-hydroxylation sites is 1. The van der Waals surface area contributed by atoms with Gasteiger partial charge in [-0.25, -0.2) is 4.79 Å². The first-order valence-electron chi connectivity index (χ1n) is 8.86. The van der Waals surface area contributed by atoms with Gasteiger partial charge in [-0.15, -0.1) is 0 Å². The van der Waals surface area contributed by atoms with E-state index < -0.39 is 35.8 Å². The molecule has 2 aliphatic rings. The number of allylic oxidation sites excluding steroid dienone is 1. The topological polar surface area (TPSA) is 149 Å². The predicted octanol–water partition coefficient (Wildman–Crippen LogP) is 0.706. The van der Waals surface area contributed by atoms with Crippen LogP contribution < -0.4 is 16.4 Å². The summed E-state index contributed by atoms with van der Waals surface area (Å²) in [6, 6.07) is 8.44. The van der Waals surface area contributed by atoms with Crippen LogP contribution in [0, 0.1) is 11.3 Å². The minimum Gasteiger partial charge on any atom is -0.459 e. The molecule has 3 rings (SSSR count). The number of carbonyl (C=O) groups is 3. The monoisotopic (exact) mass is 396 g/mol. The SMILES string of the molecule is CC1=C(C(=O)OC(C)C)[C@]2(C(=O)N(CC(N)=O)c3ccccc32)C(C#N)=C(N)O1. The number of amides is 2. The van der Waals surface area contributed by atoms with Crippen LogP contribution in [0.1, 0.15) is 26.3 Å². The lowest BCUT2D eigenvalue weighted by Gasteiger charge is -2.34. The van der Waals surface area contributed by atoms with Gasteiger partial charge in [-0.2, -0.15) is 5.26 Å². The Labute approximate surface area is 167 Å². The van der Waals surface area contributed by atoms with Crippen LogP contribution in [0.15, 0.2) is 47.1 Å². The molecule has 1 atom stereocenters. The molecule has 0 radical (unpaired) electrons. The van der Waals surface area contributed by atoms with Crippen LogP contribution in [0.3, 0.4) is 0 Å². The molecule has 150 valence electrons. The summed E-state index contributed by atoms with van der Waals surface area (Å²) in [5.74, 6) is -2.52. The summed E-state index contributed by atoms with van der Waals surface area (Å²) in [5.41, 5.74) is 9.66. The van der Waals surface area contributed by atoms with E-state index in [0.29, 0.717) is 11.3 Å². The first-order valence-corrected chi connectivity index (χ1v) is 8.86. The number of primary amides is 1. The molecule has 0 saturated carbocycles. The lowest BCUT2D eigenvalue weighted by molar-refractivity contribution is -0.144. The fraction of sp³-hybridized carbons (Fsp3) is 0.300. The van der Waals surface area contributed by atoms with Crippen molar-refractivity contribution in [3.63, 3.8) is 0 Å². The average Bonchev–Trinajstić information content (AvgIpc) is 2.84. The second-order valence-corrected chi connectivity index (χ2v) is 6.96. The fourth-order valence-corrected chi connectivity index (χ4v) is 3.80. The Balaban J connectivity index is 2.38. The minimum atomic E-state index is -1.89. The highest BCUT2D eigenvalue weighted by atomic mass is 16.5. The molecule has 29 heavy (non-hydrogen) atoms. The number of esters is 1. The first-order chi connectivity index (χ1) is 13.7. The van der Waals surface area contributed by atoms with Crippen molar-refractivity contribution in [2.75, 3.05) is 11.4 Å². The third-order valence-electron chi connectivity index (χ3n) is 4.75. The molecular formula is C20H20N4O5. The van der Waals surface area contributed by atoms with Crippen LogP contribution in [0.25, 0.3) is 0 Å². The summed E-state index contributed by atoms with van der Waals surface area (Å²) in [5, 5.41) is 9.86. The molecule has 1 aromatic rings. The second kappa shape index (κ2) is 6.98. The second-order valence-electron chi connectivity index (χ2n) is 6.96. The van der Waals surface area contributed by atoms with Gasteiger partial charge in [-0.05, 0) is 26.8 Å². The van der Waals surface area contributed by atoms with E-state index in [0.717, 1.165) is 4.90 Å². The van der Waals surface area contributed by atoms with Crippen LogP contribution >= 0.6 is 0 Å². The van der Waals surface area contributed by atoms with Crippen LogP contribution in [-0.2, 0) is 29.3 Å². The Kier molecular flexibility index (Phi) is 4.80. The zero-order valence-corrected chi connectivity index (χ0v) is 16.2. The van der Waals surface area contributed by atoms with Crippen molar-refractivity contribution in [1.82, 2.24) is 0 Å². The van der Waals surface area contributed by atoms with Crippen molar-refractivity contribution < 1.29 is 23.9 Å². The van der Waals surface area contributed by atoms with E-state index in [2.05, 4.69) is 0 Å². The highest BCUT2D eigenvalue weighted by Gasteiger charge is 2.62. The summed E-state index contributed by atoms with van der Waals surface area (Å²) < 4.78 is 10.8. The molecule has 0 aromatic heterocycles. The van der Waals surface area contributed by atoms with Gasteiger partial charge in [-0.1, -0.05) is 18.2 Å². The van der Waals surface area contributed by atoms with Gasteiger partial charge < -0.3 is 25.8 Å². The fourth-order valence-electron chi connectivity index (χ4n) is 3.80. The van der Waals surface area contributed by atoms with Crippen molar-refractivity contribution in [3.05, 3.63) is 52.6 Å². The van der Waals surface area contributed by atoms with Gasteiger partial charge in [-0.3, -0.25) is 9.59 Å². The van der Waals surface area contributed by atoms with Gasteiger partial charge in [0, 0.05) is 11.3 Å². The molecule has 0 unspecified atom stereocenters. The van der Waals surface area contributed by atoms with Gasteiger partial charge in [0.1, 0.15) is 29.5 Å². The van der Waals surface area contributed by atoms with E-state index in [4.69, 9.17) is 20.9 Å². The van der Waals surface area contributed by atoms with Crippen molar-refractivity contribution >= 4 is 23.5 Å². The summed E-state index contributed by atoms with van der Waals surface area (Å²) in [4.78, 5) is 39.5. The number of carbonyl (C=O) groups excluding carboxylic acids is 3. The van der Waals surface area contributed by atoms with E-state index in [1.54, 1.807) is 38.1 Å². The smallest absolute Gasteiger partial charge is 0.339 e. The number of ether oxygens (including phenoxy) is 2. The number of fused-ring (bicyclic) bond motifs is 2. The minimum absolute atomic E-state index is 0.0382. The Bertz CT molecular complexity index is 1030. The van der Waals surface area contributed by atoms with E-state index in [9.17, 15) is 19.6 Å². The molecule has 2 heterocycles. The molecule has 2 aliphatic heterocycles. The largest absolute Gasteiger partial charge is 0.459 e. The lowest BCUT2D eigenvalue weighted by Crippen LogP contribution is -2.50. The van der Waals surface area contributed by atoms with E-state index in [-0.39, 0.29) is 22.8 Å². The molecule has 2 amide bonds. The van der Waals surface area contributed by atoms with Gasteiger partial charge in [0.2, 0.25) is 17.7 Å². The molecule has 0 bridgehead atoms. The van der Waals surface area contributed by atoms with Crippen molar-refractivity contribution in [3.8, 4) is 6.07 Å². The molecule has 9 nitrogen and oxygen atoms in total. The van der Waals surface area contributed by atoms with Crippen LogP contribution in [-0.4, -0.2) is 30.4 Å². The zero-order valence-electron chi connectivity index (χ0n) is 16.2. The Hall–Kier alpha value is -3.80. The van der Waals surface area contributed by atoms with Gasteiger partial charge in [0.05, 0.1) is 6.10 Å². The Morgan fingerprint density at radius 3 is 2.59 bits per heavy atom. The first kappa shape index (κ1) is 19.9. The molecular weight excluding hydrogens is 376 g/mol. The lowest BCUT2D eigenvalue weighted by atomic mass is 9.68. The quantitative estimate of drug-likeness (QED) is 0.712. The standard InChI is InChI=1S/C20H20N4O5/c1-10(2)28-18(26)16-11(3)29-17(23)13(8-21)20(16)12-6-4-5-7-14(12)24(19(20)27)9-15(22)25/h4-7,10H,9,23H2,1-3H3,(H2,22,25)/t20-/m1/s1. The third kappa shape index (κ3) is 2.81. The van der Waals surface area contributed by atoms with E-state index in [1.807, 2.05) is 6.07 Å². The maximum absolute atomic E-state index is 13.7. The van der Waals surface area contributed by atoms with Crippen LogP contribution in [0.2, 0.25) is 0 Å². The van der Waals surface area contributed by atoms with Gasteiger partial charge in [0.25, 0.3) is 0 Å². The average molecular weight is 396 g/mol. The number of nitriles is 1. The van der Waals surface area contributed by atoms with E-state index in [1.165, 1.54) is 6.92 Å². The molecule has 9 heteroatoms. The van der Waals surface area contributed by atoms with Crippen molar-refractivity contribution in [2.24, 2.45) is 11.5 Å². The normalized spacial score (nSPS) is 20.7. The van der Waals surface area contributed by atoms with E-state index >= 15 is 0 Å². The number of anilines is 1. The number of nitrogens with two attached hydrogens (primary N) is 2. The molecule has 1 spiro atoms. The predicted molar refractivity (Wildman–Crippen MR) is 102 cm³/mol. The summed E-state index contributed by atoms with van der Waals surface area (Å²) in [6.07, 6.45) is -0.484. The highest BCUT2D eigenvalue weighted by Crippen LogP contribution is 2.54. The van der Waals surface area contributed by atoms with Crippen LogP contribution in [0.4, 0.5) is 5.69 Å². The molecule has 0 fully saturated rings. The Morgan fingerprint density at radius 1 is 1.34 bits per heavy atom. The molecule has 0 aliphatic carbocycles. The molecule has 4 N–H and O–H groups in total. The maximum atomic E-state index is 13.7. The number of benzene rings is 1. The number of rotatable bonds is 4. The van der Waals surface area contributed by atoms with Crippen LogP contribution in [0.5, 0.6) is 0 Å². The van der Waals surface area contributed by atoms with Gasteiger partial charge >= 0.3 is 5.97 Å². The van der Waals surface area contributed by atoms with Gasteiger partial charge in [0.15, 0.2) is 5.41 Å². The summed E-state index contributed by atoms with van der Waals surface area (Å²) in [6.45, 7) is 4.35. The number of hydrogen-bond acceptors (Lipinski definition) is 7. The maximum Gasteiger partial charge on any atom is 0.339 e. The Morgan fingerprint density at radius 2 is 2.00 bits per heavy atom. The third-order valence-corrected chi connectivity index (χ3v) is 4.75. The summed E-state index contributed by atoms with van der Waals surface area (Å²) in [7, 11) is 0. The highest BCUT2D eigenvalue weighted by molar-refractivity contribution is 6.19. The van der Waals surface area contributed by atoms with Crippen molar-refractivity contribution in [1.29, 1.82) is 5.26 Å². The number of hydrogen-bond donors (Lipinski definition) is 2. The van der Waals surface area contributed by atoms with Crippen molar-refractivity contribution in [2.45, 2.75) is 32.3 Å². The number of nitrogens with zero attached hydrogens (tertiary/aromatic N) is 2.